The van der Waals surface area contributed by atoms with Crippen LogP contribution in [0.4, 0.5) is 5.95 Å². The lowest BCUT2D eigenvalue weighted by Gasteiger charge is -2.25. The van der Waals surface area contributed by atoms with Gasteiger partial charge in [-0.3, -0.25) is 0 Å². The number of nitrogens with zero attached hydrogens (tertiary/aromatic N) is 3. The molecular formula is C16H28ClN3. The van der Waals surface area contributed by atoms with Crippen LogP contribution in [-0.2, 0) is 5.88 Å². The van der Waals surface area contributed by atoms with Crippen molar-refractivity contribution >= 4 is 17.5 Å². The molecule has 1 aromatic heterocycles. The fraction of sp³-hybridized carbons (Fsp3) is 0.750. The highest BCUT2D eigenvalue weighted by Gasteiger charge is 2.12. The minimum absolute atomic E-state index is 0.476. The van der Waals surface area contributed by atoms with Gasteiger partial charge >= 0.3 is 0 Å². The summed E-state index contributed by atoms with van der Waals surface area (Å²) in [5.41, 5.74) is 2.01. The van der Waals surface area contributed by atoms with Gasteiger partial charge in [-0.05, 0) is 31.6 Å². The smallest absolute Gasteiger partial charge is 0.225 e. The van der Waals surface area contributed by atoms with Gasteiger partial charge in [0.2, 0.25) is 5.95 Å². The van der Waals surface area contributed by atoms with Gasteiger partial charge in [0.15, 0.2) is 0 Å². The molecule has 0 radical (unpaired) electrons. The predicted octanol–water partition coefficient (Wildman–Crippen LogP) is 4.42. The molecule has 0 saturated heterocycles. The number of aromatic nitrogens is 2. The van der Waals surface area contributed by atoms with Gasteiger partial charge in [-0.2, -0.15) is 0 Å². The molecule has 0 aliphatic heterocycles. The third kappa shape index (κ3) is 5.66. The van der Waals surface area contributed by atoms with Gasteiger partial charge in [-0.25, -0.2) is 9.97 Å². The molecule has 3 nitrogen and oxygen atoms in total. The number of rotatable bonds is 8. The zero-order chi connectivity index (χ0) is 15.1. The normalized spacial score (nSPS) is 11.4. The van der Waals surface area contributed by atoms with Crippen molar-refractivity contribution in [3.05, 3.63) is 17.5 Å². The molecule has 0 N–H and O–H groups in total. The van der Waals surface area contributed by atoms with E-state index in [0.717, 1.165) is 43.1 Å². The third-order valence-corrected chi connectivity index (χ3v) is 3.74. The van der Waals surface area contributed by atoms with Crippen molar-refractivity contribution in [2.45, 2.75) is 53.3 Å². The van der Waals surface area contributed by atoms with E-state index in [0.29, 0.717) is 17.7 Å². The Hall–Kier alpha value is -0.830. The quantitative estimate of drug-likeness (QED) is 0.665. The van der Waals surface area contributed by atoms with Crippen LogP contribution in [0.2, 0.25) is 0 Å². The molecule has 1 aromatic rings. The van der Waals surface area contributed by atoms with E-state index in [-0.39, 0.29) is 0 Å². The van der Waals surface area contributed by atoms with E-state index in [1.807, 2.05) is 13.1 Å². The van der Waals surface area contributed by atoms with Gasteiger partial charge in [-0.1, -0.05) is 27.7 Å². The summed E-state index contributed by atoms with van der Waals surface area (Å²) in [5.74, 6) is 2.71. The summed E-state index contributed by atoms with van der Waals surface area (Å²) in [6.07, 6.45) is 4.19. The maximum absolute atomic E-state index is 5.88. The number of halogens is 1. The Morgan fingerprint density at radius 2 is 1.65 bits per heavy atom. The number of hydrogen-bond donors (Lipinski definition) is 0. The average Bonchev–Trinajstić information content (AvgIpc) is 2.38. The topological polar surface area (TPSA) is 29.0 Å². The summed E-state index contributed by atoms with van der Waals surface area (Å²) in [5, 5.41) is 0. The first-order chi connectivity index (χ1) is 9.43. The second-order valence-corrected chi connectivity index (χ2v) is 6.53. The summed E-state index contributed by atoms with van der Waals surface area (Å²) in [4.78, 5) is 11.4. The lowest BCUT2D eigenvalue weighted by Crippen LogP contribution is -2.29. The Morgan fingerprint density at radius 1 is 1.10 bits per heavy atom. The van der Waals surface area contributed by atoms with E-state index < -0.39 is 0 Å². The van der Waals surface area contributed by atoms with Gasteiger partial charge in [0.05, 0.1) is 5.88 Å². The Bertz CT molecular complexity index is 393. The number of anilines is 1. The van der Waals surface area contributed by atoms with Crippen LogP contribution in [0.15, 0.2) is 6.20 Å². The fourth-order valence-electron chi connectivity index (χ4n) is 1.90. The summed E-state index contributed by atoms with van der Waals surface area (Å²) in [6.45, 7) is 13.1. The molecule has 0 unspecified atom stereocenters. The lowest BCUT2D eigenvalue weighted by atomic mass is 10.1. The molecule has 0 saturated carbocycles. The number of aryl methyl sites for hydroxylation is 1. The highest BCUT2D eigenvalue weighted by Crippen LogP contribution is 2.16. The molecule has 0 aliphatic carbocycles. The molecule has 0 atom stereocenters. The zero-order valence-electron chi connectivity index (χ0n) is 13.5. The highest BCUT2D eigenvalue weighted by molar-refractivity contribution is 6.17. The van der Waals surface area contributed by atoms with Crippen molar-refractivity contribution in [1.29, 1.82) is 0 Å². The van der Waals surface area contributed by atoms with Crippen LogP contribution in [0, 0.1) is 18.8 Å². The summed E-state index contributed by atoms with van der Waals surface area (Å²) in [6, 6.07) is 0. The zero-order valence-corrected chi connectivity index (χ0v) is 14.2. The van der Waals surface area contributed by atoms with Crippen LogP contribution < -0.4 is 4.90 Å². The first-order valence-corrected chi connectivity index (χ1v) is 8.10. The van der Waals surface area contributed by atoms with Crippen molar-refractivity contribution in [2.75, 3.05) is 18.0 Å². The first-order valence-electron chi connectivity index (χ1n) is 7.57. The Balaban J connectivity index is 2.82. The largest absolute Gasteiger partial charge is 0.341 e. The van der Waals surface area contributed by atoms with Crippen LogP contribution in [0.5, 0.6) is 0 Å². The highest BCUT2D eigenvalue weighted by atomic mass is 35.5. The van der Waals surface area contributed by atoms with Crippen molar-refractivity contribution in [3.63, 3.8) is 0 Å². The summed E-state index contributed by atoms with van der Waals surface area (Å²) < 4.78 is 0. The van der Waals surface area contributed by atoms with E-state index >= 15 is 0 Å². The van der Waals surface area contributed by atoms with Crippen molar-refractivity contribution < 1.29 is 0 Å². The minimum Gasteiger partial charge on any atom is -0.341 e. The van der Waals surface area contributed by atoms with E-state index in [4.69, 9.17) is 11.6 Å². The Kier molecular flexibility index (Phi) is 7.28. The third-order valence-electron chi connectivity index (χ3n) is 3.45. The summed E-state index contributed by atoms with van der Waals surface area (Å²) in [7, 11) is 0. The van der Waals surface area contributed by atoms with Gasteiger partial charge in [0.25, 0.3) is 0 Å². The Morgan fingerprint density at radius 3 is 2.05 bits per heavy atom. The van der Waals surface area contributed by atoms with Crippen LogP contribution in [-0.4, -0.2) is 23.1 Å². The van der Waals surface area contributed by atoms with Crippen molar-refractivity contribution in [2.24, 2.45) is 11.8 Å². The number of hydrogen-bond acceptors (Lipinski definition) is 3. The monoisotopic (exact) mass is 297 g/mol. The molecule has 20 heavy (non-hydrogen) atoms. The maximum atomic E-state index is 5.88. The van der Waals surface area contributed by atoms with E-state index in [1.54, 1.807) is 0 Å². The van der Waals surface area contributed by atoms with Gasteiger partial charge in [0.1, 0.15) is 0 Å². The molecule has 0 amide bonds. The number of alkyl halides is 1. The molecule has 0 bridgehead atoms. The molecule has 4 heteroatoms. The second kappa shape index (κ2) is 8.46. The molecule has 0 aliphatic rings. The first kappa shape index (κ1) is 17.2. The fourth-order valence-corrected chi connectivity index (χ4v) is 2.17. The van der Waals surface area contributed by atoms with E-state index in [9.17, 15) is 0 Å². The van der Waals surface area contributed by atoms with Crippen molar-refractivity contribution in [3.8, 4) is 0 Å². The maximum Gasteiger partial charge on any atom is 0.225 e. The molecule has 0 fully saturated rings. The summed E-state index contributed by atoms with van der Waals surface area (Å²) >= 11 is 5.88. The standard InChI is InChI=1S/C16H28ClN3/c1-12(2)6-8-20(9-7-13(3)4)16-18-11-15(10-17)14(5)19-16/h11-13H,6-10H2,1-5H3. The van der Waals surface area contributed by atoms with Crippen LogP contribution in [0.3, 0.4) is 0 Å². The van der Waals surface area contributed by atoms with Gasteiger partial charge < -0.3 is 4.90 Å². The minimum atomic E-state index is 0.476. The Labute approximate surface area is 128 Å². The van der Waals surface area contributed by atoms with E-state index in [1.165, 1.54) is 0 Å². The van der Waals surface area contributed by atoms with Crippen LogP contribution >= 0.6 is 11.6 Å². The second-order valence-electron chi connectivity index (χ2n) is 6.27. The molecule has 114 valence electrons. The van der Waals surface area contributed by atoms with Gasteiger partial charge in [0, 0.05) is 30.5 Å². The average molecular weight is 298 g/mol. The van der Waals surface area contributed by atoms with Crippen LogP contribution in [0.25, 0.3) is 0 Å². The van der Waals surface area contributed by atoms with Gasteiger partial charge in [-0.15, -0.1) is 11.6 Å². The van der Waals surface area contributed by atoms with Crippen molar-refractivity contribution in [1.82, 2.24) is 9.97 Å². The molecule has 0 aromatic carbocycles. The van der Waals surface area contributed by atoms with Crippen LogP contribution in [0.1, 0.15) is 51.8 Å². The van der Waals surface area contributed by atoms with E-state index in [2.05, 4.69) is 42.6 Å². The lowest BCUT2D eigenvalue weighted by molar-refractivity contribution is 0.530. The predicted molar refractivity (Wildman–Crippen MR) is 87.4 cm³/mol. The SMILES string of the molecule is Cc1nc(N(CCC(C)C)CCC(C)C)ncc1CCl. The molecule has 0 spiro atoms. The molecule has 1 rings (SSSR count). The molecule has 1 heterocycles. The molecular weight excluding hydrogens is 270 g/mol.